The molecular weight excluding hydrogens is 372 g/mol. The molecule has 0 atom stereocenters. The van der Waals surface area contributed by atoms with Gasteiger partial charge in [0, 0.05) is 23.4 Å². The molecule has 2 aromatic carbocycles. The fraction of sp³-hybridized carbons (Fsp3) is 0.167. The fourth-order valence-corrected chi connectivity index (χ4v) is 3.42. The number of rotatable bonds is 4. The average Bonchev–Trinajstić information content (AvgIpc) is 2.67. The number of fused-ring (bicyclic) bond motifs is 1. The minimum Gasteiger partial charge on any atom is -0.495 e. The molecule has 0 saturated heterocycles. The van der Waals surface area contributed by atoms with Gasteiger partial charge in [-0.1, -0.05) is 29.3 Å². The second-order valence-electron chi connectivity index (χ2n) is 5.47. The van der Waals surface area contributed by atoms with Gasteiger partial charge in [-0.15, -0.1) is 0 Å². The van der Waals surface area contributed by atoms with E-state index >= 15 is 0 Å². The van der Waals surface area contributed by atoms with Crippen molar-refractivity contribution in [2.75, 3.05) is 14.2 Å². The summed E-state index contributed by atoms with van der Waals surface area (Å²) in [5, 5.41) is 10.1. The zero-order valence-electron chi connectivity index (χ0n) is 14.4. The third-order valence-corrected chi connectivity index (χ3v) is 4.83. The highest BCUT2D eigenvalue weighted by molar-refractivity contribution is 6.41. The maximum Gasteiger partial charge on any atom is 0.141 e. The van der Waals surface area contributed by atoms with Crippen molar-refractivity contribution in [3.63, 3.8) is 0 Å². The minimum absolute atomic E-state index is 0.341. The molecule has 0 fully saturated rings. The maximum absolute atomic E-state index is 9.39. The second kappa shape index (κ2) is 7.41. The minimum atomic E-state index is 0.341. The smallest absolute Gasteiger partial charge is 0.141 e. The second-order valence-corrected chi connectivity index (χ2v) is 6.22. The highest BCUT2D eigenvalue weighted by Gasteiger charge is 2.22. The van der Waals surface area contributed by atoms with Crippen LogP contribution in [-0.4, -0.2) is 32.0 Å². The molecule has 0 saturated carbocycles. The zero-order valence-corrected chi connectivity index (χ0v) is 15.9. The van der Waals surface area contributed by atoms with Crippen molar-refractivity contribution in [1.29, 1.82) is 5.26 Å². The standard InChI is InChI=1S/C18H14BCl2N3O2/c1-25-12-5-13(26-2)16(21)14(15(12)20)11-4-3-9(7-22)17-18(11)24-10(6-19)8-23-17/h3-5,8H,6,19H2,1-2H3. The van der Waals surface area contributed by atoms with Crippen molar-refractivity contribution in [1.82, 2.24) is 9.97 Å². The first-order valence-corrected chi connectivity index (χ1v) is 8.60. The van der Waals surface area contributed by atoms with Crippen molar-refractivity contribution in [3.05, 3.63) is 45.7 Å². The number of ether oxygens (including phenoxy) is 2. The first kappa shape index (κ1) is 18.3. The molecule has 0 radical (unpaired) electrons. The van der Waals surface area contributed by atoms with Crippen molar-refractivity contribution in [2.24, 2.45) is 0 Å². The number of hydrogen-bond donors (Lipinski definition) is 0. The van der Waals surface area contributed by atoms with E-state index in [4.69, 9.17) is 32.7 Å². The predicted octanol–water partition coefficient (Wildman–Crippen LogP) is 3.63. The van der Waals surface area contributed by atoms with Gasteiger partial charge in [-0.2, -0.15) is 5.26 Å². The summed E-state index contributed by atoms with van der Waals surface area (Å²) >= 11 is 13.1. The van der Waals surface area contributed by atoms with E-state index in [0.717, 1.165) is 5.69 Å². The normalized spacial score (nSPS) is 10.6. The van der Waals surface area contributed by atoms with Gasteiger partial charge >= 0.3 is 0 Å². The molecule has 0 amide bonds. The van der Waals surface area contributed by atoms with Crippen LogP contribution in [0.5, 0.6) is 11.5 Å². The molecule has 0 aliphatic rings. The lowest BCUT2D eigenvalue weighted by Gasteiger charge is -2.16. The summed E-state index contributed by atoms with van der Waals surface area (Å²) in [6.45, 7) is 0. The van der Waals surface area contributed by atoms with E-state index in [2.05, 4.69) is 16.0 Å². The van der Waals surface area contributed by atoms with E-state index in [-0.39, 0.29) is 0 Å². The van der Waals surface area contributed by atoms with Gasteiger partial charge in [0.2, 0.25) is 0 Å². The van der Waals surface area contributed by atoms with Crippen LogP contribution >= 0.6 is 23.2 Å². The highest BCUT2D eigenvalue weighted by Crippen LogP contribution is 2.47. The molecule has 3 aromatic rings. The SMILES string of the molecule is BCc1cnc2c(C#N)ccc(-c3c(Cl)c(OC)cc(OC)c3Cl)c2n1. The first-order valence-electron chi connectivity index (χ1n) is 7.84. The van der Waals surface area contributed by atoms with Gasteiger partial charge in [0.25, 0.3) is 0 Å². The molecule has 3 rings (SSSR count). The van der Waals surface area contributed by atoms with E-state index in [1.165, 1.54) is 14.2 Å². The Morgan fingerprint density at radius 1 is 1.12 bits per heavy atom. The van der Waals surface area contributed by atoms with Crippen LogP contribution in [0.4, 0.5) is 0 Å². The first-order chi connectivity index (χ1) is 12.5. The molecule has 0 aliphatic carbocycles. The number of aromatic nitrogens is 2. The van der Waals surface area contributed by atoms with Crippen LogP contribution in [0.15, 0.2) is 24.4 Å². The van der Waals surface area contributed by atoms with Crippen LogP contribution in [0.1, 0.15) is 11.3 Å². The van der Waals surface area contributed by atoms with Crippen LogP contribution in [0, 0.1) is 11.3 Å². The zero-order chi connectivity index (χ0) is 18.8. The third kappa shape index (κ3) is 2.94. The molecule has 26 heavy (non-hydrogen) atoms. The third-order valence-electron chi connectivity index (χ3n) is 4.07. The van der Waals surface area contributed by atoms with E-state index < -0.39 is 0 Å². The highest BCUT2D eigenvalue weighted by atomic mass is 35.5. The number of nitriles is 1. The predicted molar refractivity (Wildman–Crippen MR) is 105 cm³/mol. The Morgan fingerprint density at radius 3 is 2.31 bits per heavy atom. The van der Waals surface area contributed by atoms with Crippen LogP contribution < -0.4 is 9.47 Å². The molecule has 0 N–H and O–H groups in total. The van der Waals surface area contributed by atoms with Crippen LogP contribution in [-0.2, 0) is 6.32 Å². The molecule has 1 aromatic heterocycles. The van der Waals surface area contributed by atoms with Crippen molar-refractivity contribution >= 4 is 42.1 Å². The lowest BCUT2D eigenvalue weighted by atomic mass is 9.98. The Labute approximate surface area is 161 Å². The van der Waals surface area contributed by atoms with Gasteiger partial charge in [0.05, 0.1) is 41.0 Å². The summed E-state index contributed by atoms with van der Waals surface area (Å²) in [5.74, 6) is 0.861. The molecule has 5 nitrogen and oxygen atoms in total. The number of halogens is 2. The molecule has 0 spiro atoms. The monoisotopic (exact) mass is 385 g/mol. The van der Waals surface area contributed by atoms with E-state index in [0.29, 0.717) is 55.6 Å². The van der Waals surface area contributed by atoms with Crippen LogP contribution in [0.2, 0.25) is 10.0 Å². The Balaban J connectivity index is 2.45. The molecule has 0 unspecified atom stereocenters. The van der Waals surface area contributed by atoms with Crippen molar-refractivity contribution in [2.45, 2.75) is 6.32 Å². The Bertz CT molecular complexity index is 1020. The van der Waals surface area contributed by atoms with E-state index in [1.54, 1.807) is 24.4 Å². The van der Waals surface area contributed by atoms with Gasteiger partial charge in [-0.05, 0) is 12.4 Å². The molecular formula is C18H14BCl2N3O2. The summed E-state index contributed by atoms with van der Waals surface area (Å²) in [7, 11) is 5.02. The molecule has 0 aliphatic heterocycles. The van der Waals surface area contributed by atoms with E-state index in [1.807, 2.05) is 7.85 Å². The summed E-state index contributed by atoms with van der Waals surface area (Å²) < 4.78 is 10.7. The van der Waals surface area contributed by atoms with Gasteiger partial charge in [0.15, 0.2) is 0 Å². The number of nitrogens with zero attached hydrogens (tertiary/aromatic N) is 3. The molecule has 0 bridgehead atoms. The largest absolute Gasteiger partial charge is 0.495 e. The molecule has 130 valence electrons. The summed E-state index contributed by atoms with van der Waals surface area (Å²) in [6.07, 6.45) is 2.38. The van der Waals surface area contributed by atoms with Gasteiger partial charge in [0.1, 0.15) is 30.9 Å². The Morgan fingerprint density at radius 2 is 1.77 bits per heavy atom. The average molecular weight is 386 g/mol. The number of hydrogen-bond acceptors (Lipinski definition) is 5. The van der Waals surface area contributed by atoms with E-state index in [9.17, 15) is 5.26 Å². The lowest BCUT2D eigenvalue weighted by molar-refractivity contribution is 0.395. The Kier molecular flexibility index (Phi) is 5.22. The van der Waals surface area contributed by atoms with Gasteiger partial charge in [-0.25, -0.2) is 4.98 Å². The fourth-order valence-electron chi connectivity index (χ4n) is 2.72. The van der Waals surface area contributed by atoms with Crippen LogP contribution in [0.3, 0.4) is 0 Å². The number of methoxy groups -OCH3 is 2. The molecule has 1 heterocycles. The number of benzene rings is 2. The quantitative estimate of drug-likeness (QED) is 0.641. The summed E-state index contributed by atoms with van der Waals surface area (Å²) in [5.41, 5.74) is 3.48. The van der Waals surface area contributed by atoms with Gasteiger partial charge in [-0.3, -0.25) is 4.98 Å². The van der Waals surface area contributed by atoms with Crippen LogP contribution in [0.25, 0.3) is 22.2 Å². The molecule has 8 heteroatoms. The van der Waals surface area contributed by atoms with Crippen molar-refractivity contribution < 1.29 is 9.47 Å². The lowest BCUT2D eigenvalue weighted by Crippen LogP contribution is -1.99. The topological polar surface area (TPSA) is 68.0 Å². The summed E-state index contributed by atoms with van der Waals surface area (Å²) in [4.78, 5) is 9.08. The van der Waals surface area contributed by atoms with Crippen molar-refractivity contribution in [3.8, 4) is 28.7 Å². The summed E-state index contributed by atoms with van der Waals surface area (Å²) in [6, 6.07) is 7.21. The van der Waals surface area contributed by atoms with Gasteiger partial charge < -0.3 is 9.47 Å². The Hall–Kier alpha value is -2.49. The maximum atomic E-state index is 9.39.